The van der Waals surface area contributed by atoms with E-state index in [1.165, 1.54) is 5.56 Å². The van der Waals surface area contributed by atoms with E-state index in [4.69, 9.17) is 0 Å². The van der Waals surface area contributed by atoms with Crippen molar-refractivity contribution in [3.63, 3.8) is 0 Å². The molecule has 0 atom stereocenters. The molecule has 0 amide bonds. The lowest BCUT2D eigenvalue weighted by molar-refractivity contribution is -0.00000344. The molecule has 0 saturated carbocycles. The molecular weight excluding hydrogens is 234 g/mol. The average molecular weight is 245 g/mol. The van der Waals surface area contributed by atoms with Crippen LogP contribution in [0.4, 0.5) is 0 Å². The molecule has 3 nitrogen and oxygen atoms in total. The zero-order chi connectivity index (χ0) is 11.0. The fourth-order valence-corrected chi connectivity index (χ4v) is 1.75. The Kier molecular flexibility index (Phi) is 3.11. The first kappa shape index (κ1) is 11.6. The van der Waals surface area contributed by atoms with Gasteiger partial charge in [-0.2, -0.15) is 0 Å². The number of rotatable bonds is 1. The van der Waals surface area contributed by atoms with Crippen LogP contribution >= 0.6 is 0 Å². The maximum Gasteiger partial charge on any atom is 0.157 e. The predicted octanol–water partition coefficient (Wildman–Crippen LogP) is -0.0627. The van der Waals surface area contributed by atoms with Crippen LogP contribution in [0.3, 0.4) is 0 Å². The Labute approximate surface area is 105 Å². The van der Waals surface area contributed by atoms with Gasteiger partial charge in [0.2, 0.25) is 0 Å². The van der Waals surface area contributed by atoms with Gasteiger partial charge in [-0.05, 0) is 36.8 Å². The van der Waals surface area contributed by atoms with Crippen LogP contribution in [0.1, 0.15) is 5.56 Å². The molecule has 1 aromatic carbocycles. The Morgan fingerprint density at radius 1 is 1.12 bits per heavy atom. The van der Waals surface area contributed by atoms with Gasteiger partial charge in [-0.15, -0.1) is 0 Å². The van der Waals surface area contributed by atoms with Gasteiger partial charge < -0.3 is 17.4 Å². The summed E-state index contributed by atoms with van der Waals surface area (Å²) < 4.78 is 0. The minimum atomic E-state index is 0. The summed E-state index contributed by atoms with van der Waals surface area (Å²) in [6.45, 7) is 2.07. The third-order valence-corrected chi connectivity index (χ3v) is 2.54. The highest BCUT2D eigenvalue weighted by Gasteiger charge is 2.05. The molecule has 0 aliphatic carbocycles. The normalized spacial score (nSPS) is 10.2. The Balaban J connectivity index is 0.00000108. The molecule has 1 N–H and O–H groups in total. The number of nitrogens with zero attached hydrogens (tertiary/aromatic N) is 2. The van der Waals surface area contributed by atoms with E-state index in [1.54, 1.807) is 6.20 Å². The zero-order valence-corrected chi connectivity index (χ0v) is 10.1. The fourth-order valence-electron chi connectivity index (χ4n) is 1.75. The SMILES string of the molecule is Cc1ccc2nc(-c3ccccn3)[nH]c2c1.[Cl-]. The summed E-state index contributed by atoms with van der Waals surface area (Å²) in [5.74, 6) is 0.821. The smallest absolute Gasteiger partial charge is 0.157 e. The predicted molar refractivity (Wildman–Crippen MR) is 64.1 cm³/mol. The number of aromatic nitrogens is 3. The lowest BCUT2D eigenvalue weighted by atomic mass is 10.2. The molecule has 86 valence electrons. The minimum Gasteiger partial charge on any atom is -1.00 e. The monoisotopic (exact) mass is 244 g/mol. The summed E-state index contributed by atoms with van der Waals surface area (Å²) in [5, 5.41) is 0. The van der Waals surface area contributed by atoms with Gasteiger partial charge in [0.25, 0.3) is 0 Å². The Hall–Kier alpha value is -1.87. The van der Waals surface area contributed by atoms with Crippen LogP contribution in [0.25, 0.3) is 22.6 Å². The number of H-pyrrole nitrogens is 1. The number of aromatic amines is 1. The van der Waals surface area contributed by atoms with Crippen LogP contribution in [-0.4, -0.2) is 15.0 Å². The second-order valence-electron chi connectivity index (χ2n) is 3.82. The molecule has 0 unspecified atom stereocenters. The molecule has 2 heterocycles. The number of imidazole rings is 1. The van der Waals surface area contributed by atoms with Gasteiger partial charge in [-0.3, -0.25) is 4.98 Å². The molecule has 3 aromatic rings. The molecule has 4 heteroatoms. The largest absolute Gasteiger partial charge is 1.00 e. The topological polar surface area (TPSA) is 41.6 Å². The van der Waals surface area contributed by atoms with Crippen LogP contribution in [-0.2, 0) is 0 Å². The third-order valence-electron chi connectivity index (χ3n) is 2.54. The molecule has 0 spiro atoms. The quantitative estimate of drug-likeness (QED) is 0.652. The number of hydrogen-bond acceptors (Lipinski definition) is 2. The van der Waals surface area contributed by atoms with Gasteiger partial charge in [0.05, 0.1) is 11.0 Å². The summed E-state index contributed by atoms with van der Waals surface area (Å²) >= 11 is 0. The number of fused-ring (bicyclic) bond motifs is 1. The number of hydrogen-bond donors (Lipinski definition) is 1. The lowest BCUT2D eigenvalue weighted by Crippen LogP contribution is -3.00. The molecule has 0 fully saturated rings. The van der Waals surface area contributed by atoms with E-state index in [0.717, 1.165) is 22.6 Å². The Morgan fingerprint density at radius 2 is 2.00 bits per heavy atom. The minimum absolute atomic E-state index is 0. The number of halogens is 1. The molecule has 0 radical (unpaired) electrons. The van der Waals surface area contributed by atoms with Crippen molar-refractivity contribution < 1.29 is 12.4 Å². The van der Waals surface area contributed by atoms with Crippen LogP contribution in [0.2, 0.25) is 0 Å². The highest BCUT2D eigenvalue weighted by Crippen LogP contribution is 2.19. The fraction of sp³-hybridized carbons (Fsp3) is 0.0769. The van der Waals surface area contributed by atoms with Crippen molar-refractivity contribution >= 4 is 11.0 Å². The Bertz CT molecular complexity index is 631. The number of benzene rings is 1. The van der Waals surface area contributed by atoms with E-state index in [0.29, 0.717) is 0 Å². The van der Waals surface area contributed by atoms with Crippen molar-refractivity contribution in [2.24, 2.45) is 0 Å². The van der Waals surface area contributed by atoms with Gasteiger partial charge in [0.1, 0.15) is 5.69 Å². The van der Waals surface area contributed by atoms with E-state index >= 15 is 0 Å². The third kappa shape index (κ3) is 2.15. The van der Waals surface area contributed by atoms with E-state index < -0.39 is 0 Å². The van der Waals surface area contributed by atoms with E-state index in [9.17, 15) is 0 Å². The van der Waals surface area contributed by atoms with Crippen molar-refractivity contribution in [1.82, 2.24) is 15.0 Å². The number of nitrogens with one attached hydrogen (secondary N) is 1. The highest BCUT2D eigenvalue weighted by molar-refractivity contribution is 5.79. The maximum absolute atomic E-state index is 4.51. The van der Waals surface area contributed by atoms with Crippen molar-refractivity contribution in [3.8, 4) is 11.5 Å². The molecular formula is C13H11ClN3-. The van der Waals surface area contributed by atoms with E-state index in [1.807, 2.05) is 24.3 Å². The summed E-state index contributed by atoms with van der Waals surface area (Å²) in [6.07, 6.45) is 1.77. The summed E-state index contributed by atoms with van der Waals surface area (Å²) in [7, 11) is 0. The first-order valence-electron chi connectivity index (χ1n) is 5.21. The van der Waals surface area contributed by atoms with Crippen molar-refractivity contribution in [2.45, 2.75) is 6.92 Å². The molecule has 0 saturated heterocycles. The molecule has 3 rings (SSSR count). The van der Waals surface area contributed by atoms with E-state index in [-0.39, 0.29) is 12.4 Å². The van der Waals surface area contributed by atoms with Gasteiger partial charge in [0, 0.05) is 6.20 Å². The van der Waals surface area contributed by atoms with Crippen LogP contribution in [0.15, 0.2) is 42.6 Å². The van der Waals surface area contributed by atoms with Gasteiger partial charge in [-0.1, -0.05) is 12.1 Å². The van der Waals surface area contributed by atoms with Crippen LogP contribution in [0, 0.1) is 6.92 Å². The summed E-state index contributed by atoms with van der Waals surface area (Å²) in [4.78, 5) is 12.1. The zero-order valence-electron chi connectivity index (χ0n) is 9.31. The van der Waals surface area contributed by atoms with Gasteiger partial charge in [0.15, 0.2) is 5.82 Å². The van der Waals surface area contributed by atoms with Gasteiger partial charge in [-0.25, -0.2) is 4.98 Å². The highest BCUT2D eigenvalue weighted by atomic mass is 35.5. The molecule has 0 aliphatic heterocycles. The molecule has 0 aliphatic rings. The lowest BCUT2D eigenvalue weighted by Gasteiger charge is -1.92. The summed E-state index contributed by atoms with van der Waals surface area (Å²) in [6, 6.07) is 12.0. The average Bonchev–Trinajstić information content (AvgIpc) is 2.73. The van der Waals surface area contributed by atoms with Crippen molar-refractivity contribution in [1.29, 1.82) is 0 Å². The molecule has 17 heavy (non-hydrogen) atoms. The molecule has 0 bridgehead atoms. The maximum atomic E-state index is 4.51. The summed E-state index contributed by atoms with van der Waals surface area (Å²) in [5.41, 5.74) is 4.13. The number of pyridine rings is 1. The second kappa shape index (κ2) is 4.55. The van der Waals surface area contributed by atoms with E-state index in [2.05, 4.69) is 34.0 Å². The Morgan fingerprint density at radius 3 is 2.76 bits per heavy atom. The standard InChI is InChI=1S/C13H11N3.ClH/c1-9-5-6-10-12(8-9)16-13(15-10)11-4-2-3-7-14-11;/h2-8H,1H3,(H,15,16);1H/p-1. The van der Waals surface area contributed by atoms with Gasteiger partial charge >= 0.3 is 0 Å². The first-order valence-corrected chi connectivity index (χ1v) is 5.21. The van der Waals surface area contributed by atoms with Crippen LogP contribution in [0.5, 0.6) is 0 Å². The second-order valence-corrected chi connectivity index (χ2v) is 3.82. The number of aryl methyl sites for hydroxylation is 1. The molecule has 2 aromatic heterocycles. The van der Waals surface area contributed by atoms with Crippen LogP contribution < -0.4 is 12.4 Å². The first-order chi connectivity index (χ1) is 7.83. The van der Waals surface area contributed by atoms with Crippen molar-refractivity contribution in [2.75, 3.05) is 0 Å². The van der Waals surface area contributed by atoms with Crippen molar-refractivity contribution in [3.05, 3.63) is 48.2 Å².